The number of ether oxygens (including phenoxy) is 1. The Labute approximate surface area is 231 Å². The Balaban J connectivity index is 1.47. The largest absolute Gasteiger partial charge is 0.492 e. The number of anilines is 2. The van der Waals surface area contributed by atoms with E-state index in [9.17, 15) is 13.2 Å². The number of piperazine rings is 1. The van der Waals surface area contributed by atoms with Gasteiger partial charge in [0.2, 0.25) is 0 Å². The zero-order valence-corrected chi connectivity index (χ0v) is 24.0. The second-order valence-electron chi connectivity index (χ2n) is 9.37. The number of hydrogen-bond acceptors (Lipinski definition) is 5. The number of nitrogens with zero attached hydrogens (tertiary/aromatic N) is 2. The average molecular weight is 607 g/mol. The molecule has 1 aliphatic heterocycles. The molecule has 1 amide bonds. The number of benzene rings is 3. The lowest BCUT2D eigenvalue weighted by molar-refractivity contribution is 0.0514. The van der Waals surface area contributed by atoms with E-state index in [2.05, 4.69) is 25.6 Å². The van der Waals surface area contributed by atoms with Gasteiger partial charge < -0.3 is 14.5 Å². The van der Waals surface area contributed by atoms with E-state index in [0.29, 0.717) is 47.0 Å². The van der Waals surface area contributed by atoms with Gasteiger partial charge in [0, 0.05) is 46.1 Å². The molecule has 1 N–H and O–H groups in total. The maximum atomic E-state index is 13.4. The summed E-state index contributed by atoms with van der Waals surface area (Å²) in [4.78, 5) is 17.6. The maximum Gasteiger partial charge on any atom is 0.265 e. The number of carbonyl (C=O) groups is 1. The Hall–Kier alpha value is -2.75. The highest BCUT2D eigenvalue weighted by Gasteiger charge is 2.37. The maximum absolute atomic E-state index is 13.4. The first-order valence-corrected chi connectivity index (χ1v) is 14.5. The summed E-state index contributed by atoms with van der Waals surface area (Å²) in [7, 11) is -3.91. The fraction of sp³-hybridized carbons (Fsp3) is 0.296. The molecule has 196 valence electrons. The van der Waals surface area contributed by atoms with Crippen molar-refractivity contribution in [3.63, 3.8) is 0 Å². The van der Waals surface area contributed by atoms with Gasteiger partial charge in [0.15, 0.2) is 0 Å². The molecule has 0 bridgehead atoms. The molecule has 1 heterocycles. The molecule has 1 fully saturated rings. The number of carbonyl (C=O) groups excluding carboxylic acids is 1. The van der Waals surface area contributed by atoms with Crippen LogP contribution in [0.1, 0.15) is 31.1 Å². The van der Waals surface area contributed by atoms with E-state index in [4.69, 9.17) is 16.3 Å². The molecule has 10 heteroatoms. The Kier molecular flexibility index (Phi) is 8.06. The zero-order valence-electron chi connectivity index (χ0n) is 20.9. The molecule has 0 saturated carbocycles. The number of nitrogens with one attached hydrogen (secondary N) is 1. The normalized spacial score (nSPS) is 15.4. The van der Waals surface area contributed by atoms with Gasteiger partial charge in [-0.25, -0.2) is 8.42 Å². The predicted molar refractivity (Wildman–Crippen MR) is 151 cm³/mol. The van der Waals surface area contributed by atoms with Crippen LogP contribution in [0.3, 0.4) is 0 Å². The highest BCUT2D eigenvalue weighted by atomic mass is 79.9. The molecule has 0 spiro atoms. The van der Waals surface area contributed by atoms with Gasteiger partial charge in [-0.2, -0.15) is 0 Å². The third-order valence-electron chi connectivity index (χ3n) is 6.22. The summed E-state index contributed by atoms with van der Waals surface area (Å²) in [5.41, 5.74) is 1.50. The monoisotopic (exact) mass is 605 g/mol. The standard InChI is InChI=1S/C27H29BrClN3O4S/c1-4-36-24-14-7-20(28)17-25(24)37(34,35)30-22-10-5-19(6-11-22)26(33)32-16-15-31(18-27(32,2)3)23-12-8-21(29)9-13-23/h5-14,17,30H,4,15-16,18H2,1-3H3. The van der Waals surface area contributed by atoms with E-state index in [1.165, 1.54) is 6.07 Å². The Morgan fingerprint density at radius 3 is 2.35 bits per heavy atom. The molecule has 4 rings (SSSR count). The van der Waals surface area contributed by atoms with Gasteiger partial charge in [-0.1, -0.05) is 27.5 Å². The van der Waals surface area contributed by atoms with Gasteiger partial charge in [-0.15, -0.1) is 0 Å². The molecule has 1 aliphatic rings. The first-order valence-electron chi connectivity index (χ1n) is 11.9. The van der Waals surface area contributed by atoms with Gasteiger partial charge in [-0.3, -0.25) is 9.52 Å². The SMILES string of the molecule is CCOc1ccc(Br)cc1S(=O)(=O)Nc1ccc(C(=O)N2CCN(c3ccc(Cl)cc3)CC2(C)C)cc1. The minimum absolute atomic E-state index is 0.0317. The summed E-state index contributed by atoms with van der Waals surface area (Å²) in [6, 6.07) is 19.0. The third kappa shape index (κ3) is 6.22. The van der Waals surface area contributed by atoms with Crippen molar-refractivity contribution >= 4 is 54.8 Å². The summed E-state index contributed by atoms with van der Waals surface area (Å²) >= 11 is 9.35. The lowest BCUT2D eigenvalue weighted by atomic mass is 9.96. The van der Waals surface area contributed by atoms with Gasteiger partial charge in [0.05, 0.1) is 12.1 Å². The summed E-state index contributed by atoms with van der Waals surface area (Å²) in [5, 5.41) is 0.689. The molecule has 0 aliphatic carbocycles. The predicted octanol–water partition coefficient (Wildman–Crippen LogP) is 6.04. The highest BCUT2D eigenvalue weighted by Crippen LogP contribution is 2.31. The van der Waals surface area contributed by atoms with Gasteiger partial charge in [-0.05, 0) is 87.5 Å². The topological polar surface area (TPSA) is 78.9 Å². The van der Waals surface area contributed by atoms with Crippen LogP contribution in [0.5, 0.6) is 5.75 Å². The van der Waals surface area contributed by atoms with Crippen LogP contribution in [0.25, 0.3) is 0 Å². The number of rotatable bonds is 7. The second-order valence-corrected chi connectivity index (χ2v) is 12.4. The van der Waals surface area contributed by atoms with Gasteiger partial charge in [0.25, 0.3) is 15.9 Å². The fourth-order valence-corrected chi connectivity index (χ4v) is 6.29. The molecular formula is C27H29BrClN3O4S. The van der Waals surface area contributed by atoms with Gasteiger partial charge in [0.1, 0.15) is 10.6 Å². The smallest absolute Gasteiger partial charge is 0.265 e. The van der Waals surface area contributed by atoms with Crippen molar-refractivity contribution in [1.29, 1.82) is 0 Å². The number of hydrogen-bond donors (Lipinski definition) is 1. The van der Waals surface area contributed by atoms with Gasteiger partial charge >= 0.3 is 0 Å². The van der Waals surface area contributed by atoms with E-state index in [0.717, 1.165) is 5.69 Å². The molecule has 3 aromatic rings. The lowest BCUT2D eigenvalue weighted by Gasteiger charge is -2.48. The van der Waals surface area contributed by atoms with E-state index >= 15 is 0 Å². The first-order chi connectivity index (χ1) is 17.5. The van der Waals surface area contributed by atoms with Crippen LogP contribution in [-0.2, 0) is 10.0 Å². The molecule has 3 aromatic carbocycles. The Morgan fingerprint density at radius 1 is 1.05 bits per heavy atom. The number of halogens is 2. The van der Waals surface area contributed by atoms with Crippen molar-refractivity contribution in [2.24, 2.45) is 0 Å². The van der Waals surface area contributed by atoms with E-state index < -0.39 is 15.6 Å². The Morgan fingerprint density at radius 2 is 1.73 bits per heavy atom. The zero-order chi connectivity index (χ0) is 26.8. The minimum Gasteiger partial charge on any atom is -0.492 e. The van der Waals surface area contributed by atoms with E-state index in [-0.39, 0.29) is 16.6 Å². The first kappa shape index (κ1) is 27.3. The molecule has 0 atom stereocenters. The number of sulfonamides is 1. The van der Waals surface area contributed by atoms with Crippen LogP contribution in [0, 0.1) is 0 Å². The molecule has 0 radical (unpaired) electrons. The molecule has 0 aromatic heterocycles. The van der Waals surface area contributed by atoms with E-state index in [1.54, 1.807) is 43.3 Å². The molecule has 37 heavy (non-hydrogen) atoms. The molecule has 1 saturated heterocycles. The number of amides is 1. The van der Waals surface area contributed by atoms with Crippen molar-refractivity contribution in [2.75, 3.05) is 35.9 Å². The highest BCUT2D eigenvalue weighted by molar-refractivity contribution is 9.10. The fourth-order valence-electron chi connectivity index (χ4n) is 4.42. The van der Waals surface area contributed by atoms with Crippen molar-refractivity contribution < 1.29 is 17.9 Å². The second kappa shape index (κ2) is 10.9. The van der Waals surface area contributed by atoms with Crippen molar-refractivity contribution in [2.45, 2.75) is 31.2 Å². The summed E-state index contributed by atoms with van der Waals surface area (Å²) in [5.74, 6) is 0.172. The summed E-state index contributed by atoms with van der Waals surface area (Å²) in [6.45, 7) is 8.15. The van der Waals surface area contributed by atoms with Crippen molar-refractivity contribution in [1.82, 2.24) is 4.90 Å². The van der Waals surface area contributed by atoms with E-state index in [1.807, 2.05) is 43.0 Å². The van der Waals surface area contributed by atoms with Crippen LogP contribution >= 0.6 is 27.5 Å². The molecular weight excluding hydrogens is 578 g/mol. The molecule has 7 nitrogen and oxygen atoms in total. The average Bonchev–Trinajstić information content (AvgIpc) is 2.85. The van der Waals surface area contributed by atoms with Crippen LogP contribution in [0.2, 0.25) is 5.02 Å². The minimum atomic E-state index is -3.91. The van der Waals surface area contributed by atoms with Crippen LogP contribution in [-0.4, -0.2) is 51.0 Å². The van der Waals surface area contributed by atoms with Crippen molar-refractivity contribution in [3.8, 4) is 5.75 Å². The Bertz CT molecular complexity index is 1380. The van der Waals surface area contributed by atoms with Crippen LogP contribution in [0.15, 0.2) is 76.1 Å². The lowest BCUT2D eigenvalue weighted by Crippen LogP contribution is -2.61. The summed E-state index contributed by atoms with van der Waals surface area (Å²) in [6.07, 6.45) is 0. The molecule has 0 unspecified atom stereocenters. The quantitative estimate of drug-likeness (QED) is 0.355. The summed E-state index contributed by atoms with van der Waals surface area (Å²) < 4.78 is 34.8. The van der Waals surface area contributed by atoms with Crippen LogP contribution in [0.4, 0.5) is 11.4 Å². The van der Waals surface area contributed by atoms with Crippen molar-refractivity contribution in [3.05, 3.63) is 81.8 Å². The van der Waals surface area contributed by atoms with Crippen LogP contribution < -0.4 is 14.4 Å². The third-order valence-corrected chi connectivity index (χ3v) is 8.37.